The van der Waals surface area contributed by atoms with Crippen LogP contribution in [0.3, 0.4) is 0 Å². The normalized spacial score (nSPS) is 14.5. The van der Waals surface area contributed by atoms with E-state index in [1.165, 1.54) is 0 Å². The Kier molecular flexibility index (Phi) is 6.43. The number of carbonyl (C=O) groups excluding carboxylic acids is 1. The van der Waals surface area contributed by atoms with Gasteiger partial charge in [-0.05, 0) is 31.0 Å². The van der Waals surface area contributed by atoms with Crippen LogP contribution in [0, 0.1) is 23.7 Å². The van der Waals surface area contributed by atoms with Crippen LogP contribution in [0.4, 0.5) is 5.82 Å². The zero-order valence-electron chi connectivity index (χ0n) is 18.6. The van der Waals surface area contributed by atoms with Gasteiger partial charge in [0.2, 0.25) is 0 Å². The molecule has 1 fully saturated rings. The van der Waals surface area contributed by atoms with E-state index in [1.807, 2.05) is 25.1 Å². The Bertz CT molecular complexity index is 1230. The summed E-state index contributed by atoms with van der Waals surface area (Å²) in [5, 5.41) is 13.9. The largest absolute Gasteiger partial charge is 0.489 e. The second kappa shape index (κ2) is 9.60. The molecule has 9 nitrogen and oxygen atoms in total. The van der Waals surface area contributed by atoms with Gasteiger partial charge in [-0.25, -0.2) is 9.50 Å². The van der Waals surface area contributed by atoms with Crippen LogP contribution < -0.4 is 9.64 Å². The maximum atomic E-state index is 11.7. The fourth-order valence-corrected chi connectivity index (χ4v) is 3.72. The van der Waals surface area contributed by atoms with Gasteiger partial charge in [0.1, 0.15) is 24.2 Å². The third kappa shape index (κ3) is 4.59. The summed E-state index contributed by atoms with van der Waals surface area (Å²) < 4.78 is 12.8. The van der Waals surface area contributed by atoms with Gasteiger partial charge in [0.25, 0.3) is 5.91 Å². The molecular formula is C24H24N6O3. The molecule has 33 heavy (non-hydrogen) atoms. The number of nitriles is 1. The molecule has 0 N–H and O–H groups in total. The second-order valence-corrected chi connectivity index (χ2v) is 7.74. The van der Waals surface area contributed by atoms with Gasteiger partial charge < -0.3 is 19.3 Å². The molecule has 0 spiro atoms. The van der Waals surface area contributed by atoms with Crippen LogP contribution in [-0.2, 0) is 9.53 Å². The van der Waals surface area contributed by atoms with Crippen LogP contribution in [0.2, 0.25) is 0 Å². The number of aromatic nitrogens is 3. The Morgan fingerprint density at radius 1 is 1.27 bits per heavy atom. The standard InChI is InChI=1S/C24H24N6O3/c1-4-23(31)29-9-7-28(8-10-29)22-6-5-18(13-26-22)21-11-20(33-16-17(2)32-3)15-30-24(21)19(12-25)14-27-30/h1,5-6,11,13-15,17H,7-10,16H2,2-3H3/t17-/m0/s1. The molecule has 9 heteroatoms. The number of carbonyl (C=O) groups is 1. The lowest BCUT2D eigenvalue weighted by atomic mass is 10.1. The van der Waals surface area contributed by atoms with Crippen LogP contribution >= 0.6 is 0 Å². The number of anilines is 1. The van der Waals surface area contributed by atoms with Crippen LogP contribution in [-0.4, -0.2) is 71.4 Å². The molecule has 1 saturated heterocycles. The highest BCUT2D eigenvalue weighted by Gasteiger charge is 2.21. The van der Waals surface area contributed by atoms with E-state index < -0.39 is 0 Å². The van der Waals surface area contributed by atoms with Crippen LogP contribution in [0.1, 0.15) is 12.5 Å². The summed E-state index contributed by atoms with van der Waals surface area (Å²) in [5.74, 6) is 3.32. The van der Waals surface area contributed by atoms with Gasteiger partial charge in [0.05, 0.1) is 29.6 Å². The Morgan fingerprint density at radius 2 is 2.06 bits per heavy atom. The summed E-state index contributed by atoms with van der Waals surface area (Å²) in [7, 11) is 1.63. The number of amides is 1. The van der Waals surface area contributed by atoms with Crippen molar-refractivity contribution >= 4 is 17.2 Å². The molecule has 1 atom stereocenters. The summed E-state index contributed by atoms with van der Waals surface area (Å²) in [5.41, 5.74) is 2.81. The number of rotatable bonds is 6. The molecule has 3 aromatic heterocycles. The molecule has 1 aliphatic heterocycles. The highest BCUT2D eigenvalue weighted by atomic mass is 16.5. The maximum Gasteiger partial charge on any atom is 0.298 e. The zero-order chi connectivity index (χ0) is 23.4. The van der Waals surface area contributed by atoms with Crippen molar-refractivity contribution in [3.05, 3.63) is 42.4 Å². The van der Waals surface area contributed by atoms with Crippen molar-refractivity contribution in [2.75, 3.05) is 44.8 Å². The van der Waals surface area contributed by atoms with E-state index in [-0.39, 0.29) is 12.0 Å². The molecule has 168 valence electrons. The summed E-state index contributed by atoms with van der Waals surface area (Å²) in [6.07, 6.45) is 10.2. The molecule has 4 rings (SSSR count). The summed E-state index contributed by atoms with van der Waals surface area (Å²) in [6, 6.07) is 7.99. The smallest absolute Gasteiger partial charge is 0.298 e. The van der Waals surface area contributed by atoms with Crippen molar-refractivity contribution in [3.63, 3.8) is 0 Å². The number of hydrogen-bond acceptors (Lipinski definition) is 7. The highest BCUT2D eigenvalue weighted by Crippen LogP contribution is 2.31. The maximum absolute atomic E-state index is 11.7. The van der Waals surface area contributed by atoms with Crippen molar-refractivity contribution in [1.29, 1.82) is 5.26 Å². The average Bonchev–Trinajstić information content (AvgIpc) is 3.29. The van der Waals surface area contributed by atoms with Gasteiger partial charge in [0.15, 0.2) is 0 Å². The predicted molar refractivity (Wildman–Crippen MR) is 123 cm³/mol. The minimum absolute atomic E-state index is 0.0613. The van der Waals surface area contributed by atoms with E-state index in [9.17, 15) is 10.1 Å². The van der Waals surface area contributed by atoms with E-state index in [4.69, 9.17) is 15.9 Å². The third-order valence-corrected chi connectivity index (χ3v) is 5.67. The molecule has 1 aliphatic rings. The quantitative estimate of drug-likeness (QED) is 0.536. The number of pyridine rings is 2. The lowest BCUT2D eigenvalue weighted by Gasteiger charge is -2.34. The monoisotopic (exact) mass is 444 g/mol. The molecule has 0 aliphatic carbocycles. The Morgan fingerprint density at radius 3 is 2.70 bits per heavy atom. The number of terminal acetylenes is 1. The summed E-state index contributed by atoms with van der Waals surface area (Å²) >= 11 is 0. The van der Waals surface area contributed by atoms with Crippen molar-refractivity contribution in [3.8, 4) is 35.3 Å². The Hall–Kier alpha value is -4.08. The van der Waals surface area contributed by atoms with Gasteiger partial charge in [-0.2, -0.15) is 10.4 Å². The van der Waals surface area contributed by atoms with Gasteiger partial charge in [-0.1, -0.05) is 0 Å². The topological polar surface area (TPSA) is 96.0 Å². The Labute approximate surface area is 192 Å². The molecule has 1 amide bonds. The van der Waals surface area contributed by atoms with E-state index in [1.54, 1.807) is 35.1 Å². The lowest BCUT2D eigenvalue weighted by molar-refractivity contribution is -0.125. The van der Waals surface area contributed by atoms with E-state index >= 15 is 0 Å². The van der Waals surface area contributed by atoms with E-state index in [2.05, 4.69) is 27.0 Å². The third-order valence-electron chi connectivity index (χ3n) is 5.67. The zero-order valence-corrected chi connectivity index (χ0v) is 18.6. The number of nitrogens with zero attached hydrogens (tertiary/aromatic N) is 6. The van der Waals surface area contributed by atoms with Crippen molar-refractivity contribution < 1.29 is 14.3 Å². The molecular weight excluding hydrogens is 420 g/mol. The number of ether oxygens (including phenoxy) is 2. The molecule has 0 radical (unpaired) electrons. The van der Waals surface area contributed by atoms with E-state index in [0.717, 1.165) is 16.9 Å². The highest BCUT2D eigenvalue weighted by molar-refractivity contribution is 5.93. The fourth-order valence-electron chi connectivity index (χ4n) is 3.72. The van der Waals surface area contributed by atoms with Crippen molar-refractivity contribution in [2.45, 2.75) is 13.0 Å². The summed E-state index contributed by atoms with van der Waals surface area (Å²) in [4.78, 5) is 20.1. The first-order chi connectivity index (χ1) is 16.0. The van der Waals surface area contributed by atoms with Crippen molar-refractivity contribution in [2.24, 2.45) is 0 Å². The number of fused-ring (bicyclic) bond motifs is 1. The number of piperazine rings is 1. The average molecular weight is 444 g/mol. The lowest BCUT2D eigenvalue weighted by Crippen LogP contribution is -2.48. The molecule has 0 saturated carbocycles. The van der Waals surface area contributed by atoms with Crippen LogP contribution in [0.5, 0.6) is 5.75 Å². The van der Waals surface area contributed by atoms with Gasteiger partial charge >= 0.3 is 0 Å². The van der Waals surface area contributed by atoms with Crippen LogP contribution in [0.15, 0.2) is 36.8 Å². The SMILES string of the molecule is C#CC(=O)N1CCN(c2ccc(-c3cc(OC[C@H](C)OC)cn4ncc(C#N)c34)cn2)CC1. The molecule has 0 bridgehead atoms. The minimum Gasteiger partial charge on any atom is -0.489 e. The second-order valence-electron chi connectivity index (χ2n) is 7.74. The first-order valence-electron chi connectivity index (χ1n) is 10.6. The molecule has 0 unspecified atom stereocenters. The minimum atomic E-state index is -0.280. The fraction of sp³-hybridized carbons (Fsp3) is 0.333. The predicted octanol–water partition coefficient (Wildman–Crippen LogP) is 1.96. The van der Waals surface area contributed by atoms with Gasteiger partial charge in [0, 0.05) is 50.6 Å². The van der Waals surface area contributed by atoms with E-state index in [0.29, 0.717) is 49.6 Å². The molecule has 0 aromatic carbocycles. The number of hydrogen-bond donors (Lipinski definition) is 0. The van der Waals surface area contributed by atoms with Crippen molar-refractivity contribution in [1.82, 2.24) is 19.5 Å². The van der Waals surface area contributed by atoms with Gasteiger partial charge in [-0.15, -0.1) is 6.42 Å². The molecule has 3 aromatic rings. The first-order valence-corrected chi connectivity index (χ1v) is 10.6. The number of methoxy groups -OCH3 is 1. The first kappa shape index (κ1) is 22.1. The van der Waals surface area contributed by atoms with Gasteiger partial charge in [-0.3, -0.25) is 4.79 Å². The Balaban J connectivity index is 1.60. The summed E-state index contributed by atoms with van der Waals surface area (Å²) in [6.45, 7) is 4.76. The molecule has 4 heterocycles. The van der Waals surface area contributed by atoms with Crippen LogP contribution in [0.25, 0.3) is 16.6 Å².